The van der Waals surface area contributed by atoms with Crippen molar-refractivity contribution in [2.24, 2.45) is 7.05 Å². The Labute approximate surface area is 152 Å². The van der Waals surface area contributed by atoms with Crippen molar-refractivity contribution >= 4 is 17.2 Å². The number of aromatic nitrogens is 3. The molecule has 0 aromatic carbocycles. The molecule has 2 aromatic rings. The van der Waals surface area contributed by atoms with Gasteiger partial charge in [0.2, 0.25) is 0 Å². The van der Waals surface area contributed by atoms with E-state index in [1.165, 1.54) is 5.01 Å². The Hall–Kier alpha value is -1.73. The number of hydrogen-bond acceptors (Lipinski definition) is 6. The zero-order valence-electron chi connectivity index (χ0n) is 15.5. The smallest absolute Gasteiger partial charge is 0.293 e. The average molecular weight is 362 g/mol. The number of hydrogen-bond donors (Lipinski definition) is 1. The molecule has 0 amide bonds. The molecule has 1 aliphatic rings. The number of nitrogens with one attached hydrogen (secondary N) is 1. The summed E-state index contributed by atoms with van der Waals surface area (Å²) in [5, 5.41) is 6.92. The first-order chi connectivity index (χ1) is 11.8. The Morgan fingerprint density at radius 2 is 2.20 bits per heavy atom. The highest BCUT2D eigenvalue weighted by Crippen LogP contribution is 2.25. The lowest BCUT2D eigenvalue weighted by molar-refractivity contribution is 0.417. The van der Waals surface area contributed by atoms with Gasteiger partial charge in [0.25, 0.3) is 5.56 Å². The van der Waals surface area contributed by atoms with E-state index >= 15 is 0 Å². The van der Waals surface area contributed by atoms with Gasteiger partial charge in [0, 0.05) is 55.9 Å². The molecule has 1 aliphatic heterocycles. The summed E-state index contributed by atoms with van der Waals surface area (Å²) in [4.78, 5) is 23.4. The molecular weight excluding hydrogens is 334 g/mol. The number of piperidine rings is 1. The Morgan fingerprint density at radius 1 is 1.40 bits per heavy atom. The molecule has 0 bridgehead atoms. The van der Waals surface area contributed by atoms with E-state index in [-0.39, 0.29) is 11.0 Å². The van der Waals surface area contributed by atoms with Crippen LogP contribution in [0.5, 0.6) is 0 Å². The van der Waals surface area contributed by atoms with Gasteiger partial charge in [-0.2, -0.15) is 0 Å². The van der Waals surface area contributed by atoms with Gasteiger partial charge in [0.05, 0.1) is 10.7 Å². The van der Waals surface area contributed by atoms with Crippen LogP contribution in [0.2, 0.25) is 0 Å². The zero-order chi connectivity index (χ0) is 18.0. The molecule has 7 heteroatoms. The topological polar surface area (TPSA) is 63.1 Å². The maximum absolute atomic E-state index is 12.3. The lowest BCUT2D eigenvalue weighted by atomic mass is 9.98. The largest absolute Gasteiger partial charge is 0.350 e. The van der Waals surface area contributed by atoms with E-state index < -0.39 is 0 Å². The lowest BCUT2D eigenvalue weighted by Gasteiger charge is -2.33. The van der Waals surface area contributed by atoms with Gasteiger partial charge < -0.3 is 14.8 Å². The molecule has 0 radical (unpaired) electrons. The van der Waals surface area contributed by atoms with Gasteiger partial charge in [0.15, 0.2) is 5.82 Å². The van der Waals surface area contributed by atoms with Crippen LogP contribution in [0, 0.1) is 0 Å². The van der Waals surface area contributed by atoms with E-state index in [0.29, 0.717) is 11.9 Å². The van der Waals surface area contributed by atoms with E-state index in [1.807, 2.05) is 0 Å². The first kappa shape index (κ1) is 18.1. The van der Waals surface area contributed by atoms with Crippen molar-refractivity contribution in [1.82, 2.24) is 19.9 Å². The first-order valence-corrected chi connectivity index (χ1v) is 9.67. The number of nitrogens with zero attached hydrogens (tertiary/aromatic N) is 4. The van der Waals surface area contributed by atoms with Crippen LogP contribution in [-0.2, 0) is 19.0 Å². The third-order valence-corrected chi connectivity index (χ3v) is 5.80. The predicted octanol–water partition coefficient (Wildman–Crippen LogP) is 2.29. The molecule has 1 N–H and O–H groups in total. The minimum Gasteiger partial charge on any atom is -0.350 e. The maximum Gasteiger partial charge on any atom is 0.293 e. The first-order valence-electron chi connectivity index (χ1n) is 8.79. The van der Waals surface area contributed by atoms with Crippen molar-refractivity contribution in [2.75, 3.05) is 18.0 Å². The van der Waals surface area contributed by atoms with E-state index in [4.69, 9.17) is 4.98 Å². The molecule has 3 heterocycles. The summed E-state index contributed by atoms with van der Waals surface area (Å²) in [6, 6.07) is 0.347. The molecule has 1 atom stereocenters. The van der Waals surface area contributed by atoms with Crippen LogP contribution < -0.4 is 15.8 Å². The summed E-state index contributed by atoms with van der Waals surface area (Å²) in [7, 11) is 1.77. The van der Waals surface area contributed by atoms with Gasteiger partial charge in [-0.05, 0) is 12.8 Å². The van der Waals surface area contributed by atoms with Crippen LogP contribution >= 0.6 is 11.3 Å². The zero-order valence-corrected chi connectivity index (χ0v) is 16.3. The maximum atomic E-state index is 12.3. The summed E-state index contributed by atoms with van der Waals surface area (Å²) >= 11 is 1.73. The fraction of sp³-hybridized carbons (Fsp3) is 0.611. The highest BCUT2D eigenvalue weighted by Gasteiger charge is 2.23. The van der Waals surface area contributed by atoms with Crippen molar-refractivity contribution < 1.29 is 0 Å². The molecule has 0 aliphatic carbocycles. The van der Waals surface area contributed by atoms with E-state index in [0.717, 1.165) is 38.2 Å². The molecule has 1 saturated heterocycles. The Balaban J connectivity index is 1.61. The highest BCUT2D eigenvalue weighted by molar-refractivity contribution is 7.09. The normalized spacial score (nSPS) is 18.6. The summed E-state index contributed by atoms with van der Waals surface area (Å²) in [6.07, 6.45) is 5.55. The summed E-state index contributed by atoms with van der Waals surface area (Å²) in [5.74, 6) is 0.556. The molecule has 25 heavy (non-hydrogen) atoms. The van der Waals surface area contributed by atoms with Crippen molar-refractivity contribution in [2.45, 2.75) is 51.6 Å². The molecule has 136 valence electrons. The van der Waals surface area contributed by atoms with Crippen LogP contribution in [0.1, 0.15) is 44.3 Å². The Bertz CT molecular complexity index is 776. The molecule has 3 rings (SSSR count). The fourth-order valence-corrected chi connectivity index (χ4v) is 3.93. The highest BCUT2D eigenvalue weighted by atomic mass is 32.1. The molecule has 0 unspecified atom stereocenters. The van der Waals surface area contributed by atoms with Crippen LogP contribution in [0.15, 0.2) is 22.6 Å². The summed E-state index contributed by atoms with van der Waals surface area (Å²) in [6.45, 7) is 9.03. The lowest BCUT2D eigenvalue weighted by Crippen LogP contribution is -2.47. The Morgan fingerprint density at radius 3 is 2.92 bits per heavy atom. The second-order valence-corrected chi connectivity index (χ2v) is 8.59. The van der Waals surface area contributed by atoms with Crippen LogP contribution in [0.4, 0.5) is 5.82 Å². The SMILES string of the molecule is Cn1ccnc(N2CCC[C@H](NCc3csc(C(C)(C)C)n3)C2)c1=O. The second kappa shape index (κ2) is 7.25. The number of aryl methyl sites for hydroxylation is 1. The van der Waals surface area contributed by atoms with Gasteiger partial charge in [-0.25, -0.2) is 9.97 Å². The molecule has 0 spiro atoms. The minimum atomic E-state index is -0.0301. The van der Waals surface area contributed by atoms with Crippen molar-refractivity contribution in [3.8, 4) is 0 Å². The van der Waals surface area contributed by atoms with Gasteiger partial charge in [-0.15, -0.1) is 11.3 Å². The Kier molecular flexibility index (Phi) is 5.24. The third kappa shape index (κ3) is 4.27. The molecular formula is C18H27N5OS. The summed E-state index contributed by atoms with van der Waals surface area (Å²) in [5.41, 5.74) is 1.17. The van der Waals surface area contributed by atoms with Crippen molar-refractivity contribution in [3.63, 3.8) is 0 Å². The summed E-state index contributed by atoms with van der Waals surface area (Å²) < 4.78 is 1.59. The van der Waals surface area contributed by atoms with E-state index in [1.54, 1.807) is 35.3 Å². The molecule has 0 saturated carbocycles. The van der Waals surface area contributed by atoms with E-state index in [2.05, 4.69) is 41.4 Å². The molecule has 2 aromatic heterocycles. The van der Waals surface area contributed by atoms with Gasteiger partial charge in [0.1, 0.15) is 0 Å². The van der Waals surface area contributed by atoms with Gasteiger partial charge in [-0.1, -0.05) is 20.8 Å². The van der Waals surface area contributed by atoms with Crippen LogP contribution in [-0.4, -0.2) is 33.7 Å². The average Bonchev–Trinajstić information content (AvgIpc) is 3.05. The fourth-order valence-electron chi connectivity index (χ4n) is 3.02. The molecule has 1 fully saturated rings. The number of anilines is 1. The molecule has 6 nitrogen and oxygen atoms in total. The monoisotopic (exact) mass is 361 g/mol. The predicted molar refractivity (Wildman–Crippen MR) is 102 cm³/mol. The second-order valence-electron chi connectivity index (χ2n) is 7.73. The third-order valence-electron chi connectivity index (χ3n) is 4.48. The quantitative estimate of drug-likeness (QED) is 0.905. The van der Waals surface area contributed by atoms with Crippen molar-refractivity contribution in [1.29, 1.82) is 0 Å². The van der Waals surface area contributed by atoms with E-state index in [9.17, 15) is 4.79 Å². The number of thiazole rings is 1. The van der Waals surface area contributed by atoms with Gasteiger partial charge in [-0.3, -0.25) is 4.79 Å². The van der Waals surface area contributed by atoms with Crippen LogP contribution in [0.25, 0.3) is 0 Å². The van der Waals surface area contributed by atoms with Crippen molar-refractivity contribution in [3.05, 3.63) is 38.8 Å². The standard InChI is InChI=1S/C18H27N5OS/c1-18(2,3)17-21-14(12-25-17)10-20-13-6-5-8-23(11-13)15-16(24)22(4)9-7-19-15/h7,9,12-13,20H,5-6,8,10-11H2,1-4H3/t13-/m0/s1. The number of rotatable bonds is 4. The minimum absolute atomic E-state index is 0.0301. The van der Waals surface area contributed by atoms with Crippen LogP contribution in [0.3, 0.4) is 0 Å². The van der Waals surface area contributed by atoms with Gasteiger partial charge >= 0.3 is 0 Å².